The normalized spacial score (nSPS) is 17.7. The Morgan fingerprint density at radius 2 is 1.78 bits per heavy atom. The molecule has 23 heavy (non-hydrogen) atoms. The minimum absolute atomic E-state index is 0.466. The fourth-order valence-corrected chi connectivity index (χ4v) is 3.39. The van der Waals surface area contributed by atoms with Crippen molar-refractivity contribution in [1.82, 2.24) is 10.2 Å². The van der Waals surface area contributed by atoms with Gasteiger partial charge in [-0.15, -0.1) is 0 Å². The smallest absolute Gasteiger partial charge is 0.123 e. The maximum Gasteiger partial charge on any atom is 0.123 e. The summed E-state index contributed by atoms with van der Waals surface area (Å²) in [5, 5.41) is 3.47. The Bertz CT molecular complexity index is 479. The standard InChI is InChI=1S/C20H34N2O/c1-15(2)6-8-19(22-12-10-21-11-13-22)18-14-17(16(3)4)7-9-20(18)23-5/h7,9,14-16,19,21H,6,8,10-13H2,1-5H3/t19-/m0/s1. The number of methoxy groups -OCH3 is 1. The second kappa shape index (κ2) is 8.70. The highest BCUT2D eigenvalue weighted by molar-refractivity contribution is 5.40. The van der Waals surface area contributed by atoms with Crippen LogP contribution in [0, 0.1) is 5.92 Å². The Balaban J connectivity index is 2.33. The first kappa shape index (κ1) is 18.3. The third-order valence-electron chi connectivity index (χ3n) is 4.89. The van der Waals surface area contributed by atoms with Gasteiger partial charge in [-0.1, -0.05) is 39.8 Å². The molecule has 3 nitrogen and oxygen atoms in total. The Kier molecular flexibility index (Phi) is 6.91. The minimum atomic E-state index is 0.466. The lowest BCUT2D eigenvalue weighted by Gasteiger charge is -2.36. The van der Waals surface area contributed by atoms with Gasteiger partial charge in [-0.25, -0.2) is 0 Å². The molecule has 1 saturated heterocycles. The first-order valence-corrected chi connectivity index (χ1v) is 9.15. The largest absolute Gasteiger partial charge is 0.496 e. The average Bonchev–Trinajstić information content (AvgIpc) is 2.55. The summed E-state index contributed by atoms with van der Waals surface area (Å²) in [6.07, 6.45) is 2.46. The van der Waals surface area contributed by atoms with E-state index in [4.69, 9.17) is 4.74 Å². The van der Waals surface area contributed by atoms with Crippen molar-refractivity contribution in [1.29, 1.82) is 0 Å². The molecule has 3 heteroatoms. The van der Waals surface area contributed by atoms with Crippen molar-refractivity contribution in [3.8, 4) is 5.75 Å². The Hall–Kier alpha value is -1.06. The fraction of sp³-hybridized carbons (Fsp3) is 0.700. The van der Waals surface area contributed by atoms with Crippen LogP contribution >= 0.6 is 0 Å². The minimum Gasteiger partial charge on any atom is -0.496 e. The summed E-state index contributed by atoms with van der Waals surface area (Å²) >= 11 is 0. The van der Waals surface area contributed by atoms with Crippen LogP contribution in [0.2, 0.25) is 0 Å². The van der Waals surface area contributed by atoms with Crippen LogP contribution in [-0.4, -0.2) is 38.2 Å². The first-order chi connectivity index (χ1) is 11.0. The van der Waals surface area contributed by atoms with Crippen LogP contribution in [0.25, 0.3) is 0 Å². The second-order valence-corrected chi connectivity index (χ2v) is 7.43. The van der Waals surface area contributed by atoms with E-state index in [2.05, 4.69) is 56.1 Å². The highest BCUT2D eigenvalue weighted by atomic mass is 16.5. The van der Waals surface area contributed by atoms with E-state index in [1.54, 1.807) is 7.11 Å². The van der Waals surface area contributed by atoms with Crippen molar-refractivity contribution in [2.24, 2.45) is 5.92 Å². The third-order valence-corrected chi connectivity index (χ3v) is 4.89. The zero-order valence-electron chi connectivity index (χ0n) is 15.6. The number of nitrogens with zero attached hydrogens (tertiary/aromatic N) is 1. The molecule has 1 aromatic carbocycles. The number of nitrogens with one attached hydrogen (secondary N) is 1. The van der Waals surface area contributed by atoms with E-state index >= 15 is 0 Å². The maximum absolute atomic E-state index is 5.72. The van der Waals surface area contributed by atoms with Crippen LogP contribution in [0.15, 0.2) is 18.2 Å². The van der Waals surface area contributed by atoms with Crippen molar-refractivity contribution in [2.75, 3.05) is 33.3 Å². The third kappa shape index (κ3) is 4.95. The quantitative estimate of drug-likeness (QED) is 0.815. The van der Waals surface area contributed by atoms with Gasteiger partial charge in [-0.05, 0) is 36.3 Å². The van der Waals surface area contributed by atoms with Gasteiger partial charge >= 0.3 is 0 Å². The van der Waals surface area contributed by atoms with Gasteiger partial charge in [0, 0.05) is 37.8 Å². The molecule has 1 atom stereocenters. The zero-order chi connectivity index (χ0) is 16.8. The molecule has 0 aromatic heterocycles. The zero-order valence-corrected chi connectivity index (χ0v) is 15.6. The van der Waals surface area contributed by atoms with Gasteiger partial charge in [0.2, 0.25) is 0 Å². The van der Waals surface area contributed by atoms with E-state index in [0.717, 1.165) is 37.8 Å². The molecule has 0 saturated carbocycles. The highest BCUT2D eigenvalue weighted by Crippen LogP contribution is 2.36. The summed E-state index contributed by atoms with van der Waals surface area (Å²) in [5.74, 6) is 2.33. The molecule has 0 spiro atoms. The molecule has 0 amide bonds. The molecule has 1 heterocycles. The van der Waals surface area contributed by atoms with Crippen LogP contribution in [0.4, 0.5) is 0 Å². The molecule has 1 aliphatic rings. The lowest BCUT2D eigenvalue weighted by atomic mass is 9.91. The summed E-state index contributed by atoms with van der Waals surface area (Å²) in [6, 6.07) is 7.23. The topological polar surface area (TPSA) is 24.5 Å². The molecule has 0 unspecified atom stereocenters. The van der Waals surface area contributed by atoms with Gasteiger partial charge in [0.1, 0.15) is 5.75 Å². The molecule has 0 radical (unpaired) electrons. The summed E-state index contributed by atoms with van der Waals surface area (Å²) in [4.78, 5) is 2.64. The van der Waals surface area contributed by atoms with E-state index in [0.29, 0.717) is 12.0 Å². The van der Waals surface area contributed by atoms with E-state index in [-0.39, 0.29) is 0 Å². The molecule has 0 aliphatic carbocycles. The number of hydrogen-bond acceptors (Lipinski definition) is 3. The molecule has 0 bridgehead atoms. The number of hydrogen-bond donors (Lipinski definition) is 1. The first-order valence-electron chi connectivity index (χ1n) is 9.15. The van der Waals surface area contributed by atoms with Gasteiger partial charge < -0.3 is 10.1 Å². The highest BCUT2D eigenvalue weighted by Gasteiger charge is 2.25. The Morgan fingerprint density at radius 3 is 2.35 bits per heavy atom. The lowest BCUT2D eigenvalue weighted by Crippen LogP contribution is -2.45. The van der Waals surface area contributed by atoms with Crippen LogP contribution < -0.4 is 10.1 Å². The van der Waals surface area contributed by atoms with Crippen LogP contribution in [0.5, 0.6) is 5.75 Å². The summed E-state index contributed by atoms with van der Waals surface area (Å²) in [6.45, 7) is 13.6. The summed E-state index contributed by atoms with van der Waals surface area (Å²) in [5.41, 5.74) is 2.78. The van der Waals surface area contributed by atoms with Gasteiger partial charge in [-0.3, -0.25) is 4.90 Å². The number of ether oxygens (including phenoxy) is 1. The maximum atomic E-state index is 5.72. The van der Waals surface area contributed by atoms with Gasteiger partial charge in [0.05, 0.1) is 7.11 Å². The lowest BCUT2D eigenvalue weighted by molar-refractivity contribution is 0.157. The molecule has 130 valence electrons. The van der Waals surface area contributed by atoms with Gasteiger partial charge in [0.15, 0.2) is 0 Å². The van der Waals surface area contributed by atoms with Crippen molar-refractivity contribution >= 4 is 0 Å². The van der Waals surface area contributed by atoms with Crippen molar-refractivity contribution in [3.63, 3.8) is 0 Å². The fourth-order valence-electron chi connectivity index (χ4n) is 3.39. The SMILES string of the molecule is COc1ccc(C(C)C)cc1[C@H](CCC(C)C)N1CCNCC1. The summed E-state index contributed by atoms with van der Waals surface area (Å²) < 4.78 is 5.72. The molecule has 1 aromatic rings. The van der Waals surface area contributed by atoms with Gasteiger partial charge in [0.25, 0.3) is 0 Å². The predicted octanol–water partition coefficient (Wildman–Crippen LogP) is 4.20. The Labute approximate surface area is 142 Å². The van der Waals surface area contributed by atoms with E-state index in [1.807, 2.05) is 0 Å². The predicted molar refractivity (Wildman–Crippen MR) is 98.3 cm³/mol. The molecule has 1 fully saturated rings. The molecular formula is C20H34N2O. The molecular weight excluding hydrogens is 284 g/mol. The number of piperazine rings is 1. The van der Waals surface area contributed by atoms with Crippen LogP contribution in [0.3, 0.4) is 0 Å². The van der Waals surface area contributed by atoms with Crippen molar-refractivity contribution in [2.45, 2.75) is 52.5 Å². The van der Waals surface area contributed by atoms with Crippen LogP contribution in [-0.2, 0) is 0 Å². The van der Waals surface area contributed by atoms with Gasteiger partial charge in [-0.2, -0.15) is 0 Å². The second-order valence-electron chi connectivity index (χ2n) is 7.43. The van der Waals surface area contributed by atoms with Crippen molar-refractivity contribution in [3.05, 3.63) is 29.3 Å². The number of benzene rings is 1. The van der Waals surface area contributed by atoms with Crippen LogP contribution in [0.1, 0.15) is 63.6 Å². The Morgan fingerprint density at radius 1 is 1.09 bits per heavy atom. The van der Waals surface area contributed by atoms with Crippen molar-refractivity contribution < 1.29 is 4.74 Å². The molecule has 1 N–H and O–H groups in total. The average molecular weight is 319 g/mol. The van der Waals surface area contributed by atoms with E-state index in [1.165, 1.54) is 24.0 Å². The van der Waals surface area contributed by atoms with E-state index < -0.39 is 0 Å². The summed E-state index contributed by atoms with van der Waals surface area (Å²) in [7, 11) is 1.80. The van der Waals surface area contributed by atoms with E-state index in [9.17, 15) is 0 Å². The molecule has 2 rings (SSSR count). The monoisotopic (exact) mass is 318 g/mol. The number of rotatable bonds is 7. The molecule has 1 aliphatic heterocycles.